The van der Waals surface area contributed by atoms with E-state index in [1.807, 2.05) is 56.3 Å². The van der Waals surface area contributed by atoms with Gasteiger partial charge in [0.15, 0.2) is 10.8 Å². The molecule has 2 aromatic heterocycles. The van der Waals surface area contributed by atoms with E-state index in [0.29, 0.717) is 6.54 Å². The van der Waals surface area contributed by atoms with E-state index in [0.717, 1.165) is 38.7 Å². The van der Waals surface area contributed by atoms with E-state index in [4.69, 9.17) is 4.42 Å². The first-order valence-corrected chi connectivity index (χ1v) is 8.38. The highest BCUT2D eigenvalue weighted by Gasteiger charge is 2.11. The summed E-state index contributed by atoms with van der Waals surface area (Å²) in [5.41, 5.74) is 1.70. The van der Waals surface area contributed by atoms with Crippen LogP contribution in [0, 0.1) is 0 Å². The smallest absolute Gasteiger partial charge is 0.246 e. The van der Waals surface area contributed by atoms with Gasteiger partial charge < -0.3 is 9.73 Å². The number of amides is 1. The molecule has 0 atom stereocenters. The molecule has 0 unspecified atom stereocenters. The van der Waals surface area contributed by atoms with Crippen molar-refractivity contribution < 1.29 is 9.21 Å². The quantitative estimate of drug-likeness (QED) is 0.701. The topological polar surface area (TPSA) is 55.1 Å². The molecule has 2 heterocycles. The number of carbonyl (C=O) groups is 1. The molecule has 1 aromatic carbocycles. The normalized spacial score (nSPS) is 11.8. The van der Waals surface area contributed by atoms with Crippen LogP contribution in [-0.4, -0.2) is 10.9 Å². The fraction of sp³-hybridized carbons (Fsp3) is 0.222. The van der Waals surface area contributed by atoms with Gasteiger partial charge in [-0.15, -0.1) is 11.3 Å². The molecule has 0 spiro atoms. The zero-order valence-electron chi connectivity index (χ0n) is 13.1. The number of thiazole rings is 1. The minimum atomic E-state index is -0.0650. The summed E-state index contributed by atoms with van der Waals surface area (Å²) >= 11 is 1.60. The van der Waals surface area contributed by atoms with Crippen LogP contribution >= 0.6 is 11.3 Å². The molecule has 3 rings (SSSR count). The van der Waals surface area contributed by atoms with Crippen molar-refractivity contribution in [2.75, 3.05) is 0 Å². The summed E-state index contributed by atoms with van der Waals surface area (Å²) in [5.74, 6) is 1.39. The summed E-state index contributed by atoms with van der Waals surface area (Å²) in [6.07, 6.45) is 2.76. The number of benzene rings is 1. The lowest BCUT2D eigenvalue weighted by atomic mass is 10.2. The van der Waals surface area contributed by atoms with Crippen molar-refractivity contribution in [3.05, 3.63) is 53.8 Å². The van der Waals surface area contributed by atoms with Crippen molar-refractivity contribution in [1.82, 2.24) is 10.3 Å². The Kier molecular flexibility index (Phi) is 4.57. The number of nitrogens with zero attached hydrogens (tertiary/aromatic N) is 1. The maximum atomic E-state index is 11.9. The zero-order valence-corrected chi connectivity index (χ0v) is 13.9. The molecule has 0 saturated heterocycles. The zero-order chi connectivity index (χ0) is 16.2. The third kappa shape index (κ3) is 3.51. The molecule has 0 saturated carbocycles. The number of carbonyl (C=O) groups excluding carboxylic acids is 1. The van der Waals surface area contributed by atoms with E-state index in [1.165, 1.54) is 0 Å². The average molecular weight is 326 g/mol. The number of nitrogens with one attached hydrogen (secondary N) is 1. The molecule has 23 heavy (non-hydrogen) atoms. The lowest BCUT2D eigenvalue weighted by Gasteiger charge is -2.02. The van der Waals surface area contributed by atoms with E-state index < -0.39 is 0 Å². The largest absolute Gasteiger partial charge is 0.457 e. The lowest BCUT2D eigenvalue weighted by Crippen LogP contribution is -2.23. The molecule has 0 radical (unpaired) electrons. The molecule has 0 bridgehead atoms. The molecule has 4 nitrogen and oxygen atoms in total. The average Bonchev–Trinajstić information content (AvgIpc) is 3.19. The standard InChI is InChI=1S/C18H18N2O2S/c1-3-6-12(2)17(21)19-11-13-9-10-15(22-13)18-20-14-7-4-5-8-16(14)23-18/h4-10H,3,11H2,1-2H3,(H,19,21). The van der Waals surface area contributed by atoms with Crippen molar-refractivity contribution in [1.29, 1.82) is 0 Å². The fourth-order valence-electron chi connectivity index (χ4n) is 2.27. The van der Waals surface area contributed by atoms with Crippen LogP contribution in [0.4, 0.5) is 0 Å². The van der Waals surface area contributed by atoms with Crippen LogP contribution in [0.2, 0.25) is 0 Å². The Morgan fingerprint density at radius 2 is 2.13 bits per heavy atom. The summed E-state index contributed by atoms with van der Waals surface area (Å²) in [6.45, 7) is 4.19. The molecule has 5 heteroatoms. The minimum Gasteiger partial charge on any atom is -0.457 e. The van der Waals surface area contributed by atoms with Crippen LogP contribution in [0.5, 0.6) is 0 Å². The lowest BCUT2D eigenvalue weighted by molar-refractivity contribution is -0.117. The van der Waals surface area contributed by atoms with Crippen molar-refractivity contribution in [2.45, 2.75) is 26.8 Å². The van der Waals surface area contributed by atoms with E-state index in [-0.39, 0.29) is 5.91 Å². The Morgan fingerprint density at radius 3 is 2.91 bits per heavy atom. The summed E-state index contributed by atoms with van der Waals surface area (Å²) in [5, 5.41) is 3.71. The summed E-state index contributed by atoms with van der Waals surface area (Å²) in [4.78, 5) is 16.4. The van der Waals surface area contributed by atoms with Gasteiger partial charge in [0.05, 0.1) is 16.8 Å². The minimum absolute atomic E-state index is 0.0650. The van der Waals surface area contributed by atoms with E-state index in [9.17, 15) is 4.79 Å². The van der Waals surface area contributed by atoms with Crippen LogP contribution in [0.1, 0.15) is 26.0 Å². The number of rotatable bonds is 5. The fourth-order valence-corrected chi connectivity index (χ4v) is 3.20. The van der Waals surface area contributed by atoms with Crippen LogP contribution in [0.15, 0.2) is 52.5 Å². The maximum absolute atomic E-state index is 11.9. The predicted octanol–water partition coefficient (Wildman–Crippen LogP) is 4.53. The molecule has 0 fully saturated rings. The van der Waals surface area contributed by atoms with Gasteiger partial charge in [-0.2, -0.15) is 0 Å². The van der Waals surface area contributed by atoms with Gasteiger partial charge in [0.2, 0.25) is 5.91 Å². The van der Waals surface area contributed by atoms with Crippen LogP contribution in [0.25, 0.3) is 21.0 Å². The number of fused-ring (bicyclic) bond motifs is 1. The first-order chi connectivity index (χ1) is 11.2. The Bertz CT molecular complexity index is 828. The molecule has 0 aliphatic carbocycles. The van der Waals surface area contributed by atoms with Crippen molar-refractivity contribution in [2.24, 2.45) is 0 Å². The molecular weight excluding hydrogens is 308 g/mol. The maximum Gasteiger partial charge on any atom is 0.246 e. The molecule has 0 aliphatic heterocycles. The molecular formula is C18H18N2O2S. The number of hydrogen-bond donors (Lipinski definition) is 1. The molecule has 3 aromatic rings. The molecule has 118 valence electrons. The van der Waals surface area contributed by atoms with Gasteiger partial charge >= 0.3 is 0 Å². The summed E-state index contributed by atoms with van der Waals surface area (Å²) in [6, 6.07) is 11.8. The number of hydrogen-bond acceptors (Lipinski definition) is 4. The number of allylic oxidation sites excluding steroid dienone is 1. The number of aromatic nitrogens is 1. The van der Waals surface area contributed by atoms with E-state index in [1.54, 1.807) is 11.3 Å². The van der Waals surface area contributed by atoms with Crippen molar-refractivity contribution in [3.63, 3.8) is 0 Å². The molecule has 1 N–H and O–H groups in total. The van der Waals surface area contributed by atoms with Crippen LogP contribution in [0.3, 0.4) is 0 Å². The highest BCUT2D eigenvalue weighted by Crippen LogP contribution is 2.31. The second-order valence-corrected chi connectivity index (χ2v) is 6.26. The second kappa shape index (κ2) is 6.79. The molecule has 0 aliphatic rings. The van der Waals surface area contributed by atoms with Crippen LogP contribution in [-0.2, 0) is 11.3 Å². The van der Waals surface area contributed by atoms with E-state index in [2.05, 4.69) is 10.3 Å². The summed E-state index contributed by atoms with van der Waals surface area (Å²) < 4.78 is 6.94. The molecule has 1 amide bonds. The first-order valence-electron chi connectivity index (χ1n) is 7.57. The van der Waals surface area contributed by atoms with Gasteiger partial charge in [0.25, 0.3) is 0 Å². The Balaban J connectivity index is 1.70. The van der Waals surface area contributed by atoms with Crippen LogP contribution < -0.4 is 5.32 Å². The van der Waals surface area contributed by atoms with Crippen molar-refractivity contribution >= 4 is 27.5 Å². The van der Waals surface area contributed by atoms with Crippen molar-refractivity contribution in [3.8, 4) is 10.8 Å². The predicted molar refractivity (Wildman–Crippen MR) is 93.2 cm³/mol. The van der Waals surface area contributed by atoms with Gasteiger partial charge in [-0.1, -0.05) is 25.1 Å². The highest BCUT2D eigenvalue weighted by molar-refractivity contribution is 7.21. The first kappa shape index (κ1) is 15.5. The number of para-hydroxylation sites is 1. The Morgan fingerprint density at radius 1 is 1.30 bits per heavy atom. The van der Waals surface area contributed by atoms with Gasteiger partial charge in [-0.25, -0.2) is 4.98 Å². The van der Waals surface area contributed by atoms with E-state index >= 15 is 0 Å². The highest BCUT2D eigenvalue weighted by atomic mass is 32.1. The third-order valence-corrected chi connectivity index (χ3v) is 4.51. The van der Waals surface area contributed by atoms with Gasteiger partial charge in [-0.3, -0.25) is 4.79 Å². The Labute approximate surface area is 138 Å². The SMILES string of the molecule is CCC=C(C)C(=O)NCc1ccc(-c2nc3ccccc3s2)o1. The van der Waals surface area contributed by atoms with Gasteiger partial charge in [0, 0.05) is 5.57 Å². The summed E-state index contributed by atoms with van der Waals surface area (Å²) in [7, 11) is 0. The Hall–Kier alpha value is -2.40. The second-order valence-electron chi connectivity index (χ2n) is 5.23. The number of furan rings is 1. The third-order valence-electron chi connectivity index (χ3n) is 3.46. The van der Waals surface area contributed by atoms with Gasteiger partial charge in [-0.05, 0) is 37.6 Å². The van der Waals surface area contributed by atoms with Gasteiger partial charge in [0.1, 0.15) is 5.76 Å². The monoisotopic (exact) mass is 326 g/mol.